The molecule has 1 heterocycles. The Balaban J connectivity index is 1.69. The lowest BCUT2D eigenvalue weighted by atomic mass is 10.1. The normalized spacial score (nSPS) is 10.4. The van der Waals surface area contributed by atoms with Crippen molar-refractivity contribution in [1.29, 1.82) is 0 Å². The van der Waals surface area contributed by atoms with Crippen molar-refractivity contribution in [3.8, 4) is 0 Å². The molecule has 0 unspecified atom stereocenters. The minimum atomic E-state index is 0.992. The summed E-state index contributed by atoms with van der Waals surface area (Å²) in [5.41, 5.74) is 2.59. The number of aryl methyl sites for hydroxylation is 2. The van der Waals surface area contributed by atoms with Gasteiger partial charge in [0.1, 0.15) is 0 Å². The molecule has 0 bridgehead atoms. The topological polar surface area (TPSA) is 24.9 Å². The maximum absolute atomic E-state index is 4.48. The maximum Gasteiger partial charge on any atom is 0.182 e. The van der Waals surface area contributed by atoms with Crippen LogP contribution in [0.1, 0.15) is 24.6 Å². The monoisotopic (exact) mass is 246 g/mol. The number of hydrogen-bond acceptors (Lipinski definition) is 3. The van der Waals surface area contributed by atoms with Gasteiger partial charge < -0.3 is 5.32 Å². The zero-order chi connectivity index (χ0) is 11.9. The molecule has 0 spiro atoms. The van der Waals surface area contributed by atoms with Gasteiger partial charge in [-0.1, -0.05) is 37.3 Å². The van der Waals surface area contributed by atoms with E-state index in [9.17, 15) is 0 Å². The predicted octanol–water partition coefficient (Wildman–Crippen LogP) is 3.75. The molecule has 0 saturated heterocycles. The summed E-state index contributed by atoms with van der Waals surface area (Å²) in [6.45, 7) is 3.12. The number of anilines is 1. The highest BCUT2D eigenvalue weighted by molar-refractivity contribution is 7.13. The molecular weight excluding hydrogens is 228 g/mol. The SMILES string of the molecule is CCc1csc(NCCCc2ccccc2)n1. The second-order valence-electron chi connectivity index (χ2n) is 4.01. The Hall–Kier alpha value is -1.35. The molecule has 2 aromatic rings. The van der Waals surface area contributed by atoms with Crippen molar-refractivity contribution < 1.29 is 0 Å². The van der Waals surface area contributed by atoms with Gasteiger partial charge in [-0.05, 0) is 24.8 Å². The average Bonchev–Trinajstić information content (AvgIpc) is 2.84. The fourth-order valence-corrected chi connectivity index (χ4v) is 2.51. The second kappa shape index (κ2) is 6.40. The molecule has 1 aromatic heterocycles. The van der Waals surface area contributed by atoms with Gasteiger partial charge in [0.05, 0.1) is 5.69 Å². The first-order valence-electron chi connectivity index (χ1n) is 6.10. The van der Waals surface area contributed by atoms with E-state index in [2.05, 4.69) is 52.9 Å². The molecule has 0 aliphatic carbocycles. The third kappa shape index (κ3) is 3.86. The summed E-state index contributed by atoms with van der Waals surface area (Å²) < 4.78 is 0. The number of nitrogens with one attached hydrogen (secondary N) is 1. The van der Waals surface area contributed by atoms with E-state index in [1.165, 1.54) is 11.3 Å². The molecule has 17 heavy (non-hydrogen) atoms. The molecule has 1 N–H and O–H groups in total. The zero-order valence-electron chi connectivity index (χ0n) is 10.1. The van der Waals surface area contributed by atoms with E-state index in [1.807, 2.05) is 0 Å². The highest BCUT2D eigenvalue weighted by Gasteiger charge is 1.99. The molecule has 0 aliphatic rings. The average molecular weight is 246 g/mol. The molecule has 1 aromatic carbocycles. The van der Waals surface area contributed by atoms with Gasteiger partial charge in [0.25, 0.3) is 0 Å². The van der Waals surface area contributed by atoms with E-state index in [-0.39, 0.29) is 0 Å². The molecular formula is C14H18N2S. The van der Waals surface area contributed by atoms with Crippen molar-refractivity contribution in [2.45, 2.75) is 26.2 Å². The fraction of sp³-hybridized carbons (Fsp3) is 0.357. The van der Waals surface area contributed by atoms with Crippen LogP contribution in [0.15, 0.2) is 35.7 Å². The van der Waals surface area contributed by atoms with Crippen LogP contribution in [0.2, 0.25) is 0 Å². The highest BCUT2D eigenvalue weighted by Crippen LogP contribution is 2.15. The largest absolute Gasteiger partial charge is 0.362 e. The first-order valence-corrected chi connectivity index (χ1v) is 6.98. The Morgan fingerprint density at radius 3 is 2.76 bits per heavy atom. The van der Waals surface area contributed by atoms with Crippen LogP contribution in [0.25, 0.3) is 0 Å². The van der Waals surface area contributed by atoms with Gasteiger partial charge in [-0.2, -0.15) is 0 Å². The van der Waals surface area contributed by atoms with Gasteiger partial charge in [0.15, 0.2) is 5.13 Å². The summed E-state index contributed by atoms with van der Waals surface area (Å²) in [4.78, 5) is 4.48. The van der Waals surface area contributed by atoms with Crippen molar-refractivity contribution in [3.05, 3.63) is 47.0 Å². The van der Waals surface area contributed by atoms with Gasteiger partial charge in [0.2, 0.25) is 0 Å². The summed E-state index contributed by atoms with van der Waals surface area (Å²) in [5, 5.41) is 6.55. The molecule has 2 rings (SSSR count). The van der Waals surface area contributed by atoms with Crippen molar-refractivity contribution in [1.82, 2.24) is 4.98 Å². The first-order chi connectivity index (χ1) is 8.38. The highest BCUT2D eigenvalue weighted by atomic mass is 32.1. The quantitative estimate of drug-likeness (QED) is 0.785. The maximum atomic E-state index is 4.48. The Bertz CT molecular complexity index is 436. The number of hydrogen-bond donors (Lipinski definition) is 1. The Kier molecular flexibility index (Phi) is 4.56. The van der Waals surface area contributed by atoms with Crippen molar-refractivity contribution in [2.24, 2.45) is 0 Å². The van der Waals surface area contributed by atoms with E-state index in [1.54, 1.807) is 11.3 Å². The van der Waals surface area contributed by atoms with Crippen LogP contribution in [-0.4, -0.2) is 11.5 Å². The minimum Gasteiger partial charge on any atom is -0.362 e. The summed E-state index contributed by atoms with van der Waals surface area (Å²) in [7, 11) is 0. The van der Waals surface area contributed by atoms with Crippen LogP contribution >= 0.6 is 11.3 Å². The molecule has 0 atom stereocenters. The number of thiazole rings is 1. The Morgan fingerprint density at radius 2 is 2.06 bits per heavy atom. The lowest BCUT2D eigenvalue weighted by molar-refractivity contribution is 0.860. The first kappa shape index (κ1) is 12.1. The second-order valence-corrected chi connectivity index (χ2v) is 4.87. The van der Waals surface area contributed by atoms with Gasteiger partial charge in [-0.15, -0.1) is 11.3 Å². The summed E-state index contributed by atoms with van der Waals surface area (Å²) in [6, 6.07) is 10.6. The van der Waals surface area contributed by atoms with Gasteiger partial charge in [-0.25, -0.2) is 4.98 Å². The molecule has 0 radical (unpaired) electrons. The number of rotatable bonds is 6. The molecule has 2 nitrogen and oxygen atoms in total. The van der Waals surface area contributed by atoms with Crippen molar-refractivity contribution >= 4 is 16.5 Å². The van der Waals surface area contributed by atoms with Crippen LogP contribution in [0.4, 0.5) is 5.13 Å². The molecule has 0 saturated carbocycles. The lowest BCUT2D eigenvalue weighted by Crippen LogP contribution is -2.02. The molecule has 3 heteroatoms. The smallest absolute Gasteiger partial charge is 0.182 e. The van der Waals surface area contributed by atoms with Gasteiger partial charge in [-0.3, -0.25) is 0 Å². The Morgan fingerprint density at radius 1 is 1.24 bits per heavy atom. The standard InChI is InChI=1S/C14H18N2S/c1-2-13-11-17-14(16-13)15-10-6-9-12-7-4-3-5-8-12/h3-5,7-8,11H,2,6,9-10H2,1H3,(H,15,16). The molecule has 0 fully saturated rings. The number of nitrogens with zero attached hydrogens (tertiary/aromatic N) is 1. The number of benzene rings is 1. The molecule has 0 aliphatic heterocycles. The van der Waals surface area contributed by atoms with Crippen LogP contribution in [0.5, 0.6) is 0 Å². The van der Waals surface area contributed by atoms with E-state index >= 15 is 0 Å². The van der Waals surface area contributed by atoms with Crippen molar-refractivity contribution in [3.63, 3.8) is 0 Å². The third-order valence-electron chi connectivity index (χ3n) is 2.68. The zero-order valence-corrected chi connectivity index (χ0v) is 11.0. The van der Waals surface area contributed by atoms with E-state index < -0.39 is 0 Å². The van der Waals surface area contributed by atoms with E-state index in [0.717, 1.165) is 30.9 Å². The van der Waals surface area contributed by atoms with Crippen LogP contribution in [0, 0.1) is 0 Å². The Labute approximate surface area is 107 Å². The summed E-state index contributed by atoms with van der Waals surface area (Å²) in [5.74, 6) is 0. The van der Waals surface area contributed by atoms with Crippen LogP contribution in [-0.2, 0) is 12.8 Å². The van der Waals surface area contributed by atoms with Gasteiger partial charge in [0, 0.05) is 11.9 Å². The molecule has 0 amide bonds. The number of aromatic nitrogens is 1. The lowest BCUT2D eigenvalue weighted by Gasteiger charge is -2.02. The summed E-state index contributed by atoms with van der Waals surface area (Å²) in [6.07, 6.45) is 3.28. The van der Waals surface area contributed by atoms with E-state index in [0.29, 0.717) is 0 Å². The van der Waals surface area contributed by atoms with Gasteiger partial charge >= 0.3 is 0 Å². The fourth-order valence-electron chi connectivity index (χ4n) is 1.68. The predicted molar refractivity (Wildman–Crippen MR) is 74.7 cm³/mol. The summed E-state index contributed by atoms with van der Waals surface area (Å²) >= 11 is 1.70. The minimum absolute atomic E-state index is 0.992. The molecule has 90 valence electrons. The van der Waals surface area contributed by atoms with Crippen LogP contribution in [0.3, 0.4) is 0 Å². The van der Waals surface area contributed by atoms with E-state index in [4.69, 9.17) is 0 Å². The van der Waals surface area contributed by atoms with Crippen molar-refractivity contribution in [2.75, 3.05) is 11.9 Å². The third-order valence-corrected chi connectivity index (χ3v) is 3.52. The van der Waals surface area contributed by atoms with Crippen LogP contribution < -0.4 is 5.32 Å².